The monoisotopic (exact) mass is 265 g/mol. The number of carbonyl (C=O) groups excluding carboxylic acids is 2. The predicted molar refractivity (Wildman–Crippen MR) is 71.6 cm³/mol. The number of amides is 1. The molecule has 2 unspecified atom stereocenters. The van der Waals surface area contributed by atoms with Gasteiger partial charge in [0.1, 0.15) is 5.69 Å². The van der Waals surface area contributed by atoms with Crippen LogP contribution in [0.3, 0.4) is 0 Å². The number of carbonyl (C=O) groups is 2. The van der Waals surface area contributed by atoms with Crippen molar-refractivity contribution in [2.75, 3.05) is 0 Å². The molecule has 0 aromatic heterocycles. The lowest BCUT2D eigenvalue weighted by molar-refractivity contribution is -0.685. The number of benzene rings is 2. The van der Waals surface area contributed by atoms with Crippen molar-refractivity contribution in [1.82, 2.24) is 0 Å². The number of nitrogens with one attached hydrogen (secondary N) is 1. The highest BCUT2D eigenvalue weighted by Gasteiger charge is 2.61. The van der Waals surface area contributed by atoms with Crippen LogP contribution in [0.25, 0.3) is 0 Å². The van der Waals surface area contributed by atoms with Crippen molar-refractivity contribution in [1.29, 1.82) is 0 Å². The van der Waals surface area contributed by atoms with Crippen molar-refractivity contribution in [3.8, 4) is 0 Å². The molecule has 1 aliphatic carbocycles. The van der Waals surface area contributed by atoms with Gasteiger partial charge >= 0.3 is 5.91 Å². The number of rotatable bonds is 0. The van der Waals surface area contributed by atoms with E-state index in [2.05, 4.69) is 0 Å². The average Bonchev–Trinajstić information content (AvgIpc) is 2.90. The van der Waals surface area contributed by atoms with Gasteiger partial charge in [-0.25, -0.2) is 4.79 Å². The van der Waals surface area contributed by atoms with Crippen LogP contribution >= 0.6 is 0 Å². The molecule has 0 saturated heterocycles. The lowest BCUT2D eigenvalue weighted by atomic mass is 9.78. The molecule has 2 aliphatic rings. The molecule has 0 fully saturated rings. The van der Waals surface area contributed by atoms with Crippen LogP contribution in [0.4, 0.5) is 5.69 Å². The van der Waals surface area contributed by atoms with E-state index in [1.165, 1.54) is 0 Å². The maximum Gasteiger partial charge on any atom is 0.336 e. The Morgan fingerprint density at radius 3 is 2.50 bits per heavy atom. The summed E-state index contributed by atoms with van der Waals surface area (Å²) in [6.45, 7) is 0. The molecule has 1 N–H and O–H groups in total. The molecule has 2 aromatic carbocycles. The highest BCUT2D eigenvalue weighted by molar-refractivity contribution is 6.22. The zero-order valence-electron chi connectivity index (χ0n) is 10.6. The van der Waals surface area contributed by atoms with Crippen LogP contribution < -0.4 is 5.06 Å². The largest absolute Gasteiger partial charge is 0.621 e. The summed E-state index contributed by atoms with van der Waals surface area (Å²) in [5.74, 6) is -0.823. The van der Waals surface area contributed by atoms with E-state index in [4.69, 9.17) is 0 Å². The topological polar surface area (TPSA) is 61.6 Å². The molecule has 1 aliphatic heterocycles. The Kier molecular flexibility index (Phi) is 2.09. The predicted octanol–water partition coefficient (Wildman–Crippen LogP) is 0.918. The average molecular weight is 265 g/mol. The van der Waals surface area contributed by atoms with Crippen LogP contribution in [0.2, 0.25) is 0 Å². The summed E-state index contributed by atoms with van der Waals surface area (Å²) < 4.78 is 0. The third-order valence-electron chi connectivity index (χ3n) is 4.33. The Bertz CT molecular complexity index is 768. The van der Waals surface area contributed by atoms with Gasteiger partial charge in [0.2, 0.25) is 0 Å². The number of hydrogen-bond donors (Lipinski definition) is 1. The second-order valence-electron chi connectivity index (χ2n) is 5.27. The molecule has 0 radical (unpaired) electrons. The fourth-order valence-electron chi connectivity index (χ4n) is 3.38. The quantitative estimate of drug-likeness (QED) is 0.569. The minimum absolute atomic E-state index is 0.239. The molecule has 1 spiro atoms. The first kappa shape index (κ1) is 11.5. The second-order valence-corrected chi connectivity index (χ2v) is 5.27. The normalized spacial score (nSPS) is 26.9. The zero-order chi connectivity index (χ0) is 13.9. The summed E-state index contributed by atoms with van der Waals surface area (Å²) in [5.41, 5.74) is 1.03. The molecule has 98 valence electrons. The van der Waals surface area contributed by atoms with Gasteiger partial charge in [-0.15, -0.1) is 0 Å². The maximum absolute atomic E-state index is 12.8. The molecule has 4 heteroatoms. The van der Waals surface area contributed by atoms with E-state index < -0.39 is 16.4 Å². The molecule has 2 atom stereocenters. The van der Waals surface area contributed by atoms with Crippen LogP contribution in [0, 0.1) is 5.21 Å². The van der Waals surface area contributed by atoms with E-state index >= 15 is 0 Å². The van der Waals surface area contributed by atoms with E-state index in [-0.39, 0.29) is 5.78 Å². The van der Waals surface area contributed by atoms with Gasteiger partial charge in [0.25, 0.3) is 0 Å². The van der Waals surface area contributed by atoms with E-state index in [0.29, 0.717) is 23.2 Å². The van der Waals surface area contributed by atoms with Crippen LogP contribution in [0.5, 0.6) is 0 Å². The summed E-state index contributed by atoms with van der Waals surface area (Å²) >= 11 is 0. The Morgan fingerprint density at radius 2 is 1.70 bits per heavy atom. The summed E-state index contributed by atoms with van der Waals surface area (Å²) in [4.78, 5) is 25.3. The van der Waals surface area contributed by atoms with Crippen LogP contribution in [0.1, 0.15) is 21.5 Å². The zero-order valence-corrected chi connectivity index (χ0v) is 10.6. The van der Waals surface area contributed by atoms with Gasteiger partial charge in [0, 0.05) is 23.6 Å². The van der Waals surface area contributed by atoms with Crippen molar-refractivity contribution < 1.29 is 14.7 Å². The van der Waals surface area contributed by atoms with E-state index in [0.717, 1.165) is 5.56 Å². The third kappa shape index (κ3) is 1.13. The highest BCUT2D eigenvalue weighted by Crippen LogP contribution is 2.44. The molecular weight excluding hydrogens is 254 g/mol. The third-order valence-corrected chi connectivity index (χ3v) is 4.33. The summed E-state index contributed by atoms with van der Waals surface area (Å²) in [6, 6.07) is 14.0. The second kappa shape index (κ2) is 3.62. The molecule has 0 bridgehead atoms. The number of para-hydroxylation sites is 1. The molecule has 2 aromatic rings. The Hall–Kier alpha value is -2.30. The minimum Gasteiger partial charge on any atom is -0.621 e. The molecule has 1 amide bonds. The lowest BCUT2D eigenvalue weighted by Crippen LogP contribution is -3.05. The van der Waals surface area contributed by atoms with Crippen molar-refractivity contribution in [3.63, 3.8) is 0 Å². The number of hydrogen-bond acceptors (Lipinski definition) is 3. The lowest BCUT2D eigenvalue weighted by Gasteiger charge is -2.18. The molecular formula is C16H11NO3. The van der Waals surface area contributed by atoms with Crippen molar-refractivity contribution in [2.24, 2.45) is 0 Å². The summed E-state index contributed by atoms with van der Waals surface area (Å²) in [7, 11) is 0. The van der Waals surface area contributed by atoms with Crippen LogP contribution in [-0.4, -0.2) is 11.7 Å². The van der Waals surface area contributed by atoms with Gasteiger partial charge in [-0.05, 0) is 5.56 Å². The molecule has 4 nitrogen and oxygen atoms in total. The SMILES string of the molecule is O=C1c2ccccc2CC12C(=O)[NH+]([O-])c1ccccc12. The fraction of sp³-hybridized carbons (Fsp3) is 0.125. The molecule has 1 heterocycles. The number of ketones is 1. The number of Topliss-reactive ketones (excluding diaryl/α,β-unsaturated/α-hetero) is 1. The smallest absolute Gasteiger partial charge is 0.336 e. The van der Waals surface area contributed by atoms with Gasteiger partial charge in [-0.2, -0.15) is 0 Å². The number of quaternary nitrogens is 1. The van der Waals surface area contributed by atoms with Crippen molar-refractivity contribution in [3.05, 3.63) is 70.4 Å². The van der Waals surface area contributed by atoms with E-state index in [1.807, 2.05) is 12.1 Å². The summed E-state index contributed by atoms with van der Waals surface area (Å²) in [6.07, 6.45) is 0.295. The first-order chi connectivity index (χ1) is 9.66. The van der Waals surface area contributed by atoms with Crippen molar-refractivity contribution >= 4 is 17.4 Å². The van der Waals surface area contributed by atoms with Gasteiger partial charge in [0.15, 0.2) is 11.2 Å². The molecule has 20 heavy (non-hydrogen) atoms. The molecule has 4 rings (SSSR count). The van der Waals surface area contributed by atoms with Crippen molar-refractivity contribution in [2.45, 2.75) is 11.8 Å². The molecule has 0 saturated carbocycles. The maximum atomic E-state index is 12.8. The van der Waals surface area contributed by atoms with Crippen LogP contribution in [-0.2, 0) is 16.6 Å². The number of hydroxylamine groups is 1. The fourth-order valence-corrected chi connectivity index (χ4v) is 3.38. The van der Waals surface area contributed by atoms with Crippen LogP contribution in [0.15, 0.2) is 48.5 Å². The first-order valence-corrected chi connectivity index (χ1v) is 6.47. The Balaban J connectivity index is 2.01. The van der Waals surface area contributed by atoms with Gasteiger partial charge in [0.05, 0.1) is 0 Å². The van der Waals surface area contributed by atoms with E-state index in [1.54, 1.807) is 36.4 Å². The standard InChI is InChI=1S/C16H11NO3/c18-14-11-6-2-1-5-10(11)9-16(14)12-7-3-4-8-13(12)17(20)15(16)19/h1-8,17H,9H2. The number of fused-ring (bicyclic) bond motifs is 3. The van der Waals surface area contributed by atoms with Gasteiger partial charge < -0.3 is 5.21 Å². The van der Waals surface area contributed by atoms with Gasteiger partial charge in [-0.3, -0.25) is 9.86 Å². The Morgan fingerprint density at radius 1 is 1.00 bits per heavy atom. The first-order valence-electron chi connectivity index (χ1n) is 6.47. The minimum atomic E-state index is -1.31. The van der Waals surface area contributed by atoms with E-state index in [9.17, 15) is 14.8 Å². The Labute approximate surface area is 115 Å². The van der Waals surface area contributed by atoms with Gasteiger partial charge in [-0.1, -0.05) is 42.5 Å². The summed E-state index contributed by atoms with van der Waals surface area (Å²) in [5, 5.41) is 11.6. The highest BCUT2D eigenvalue weighted by atomic mass is 16.5.